The van der Waals surface area contributed by atoms with Crippen LogP contribution in [0.4, 0.5) is 0 Å². The summed E-state index contributed by atoms with van der Waals surface area (Å²) in [4.78, 5) is 4.10. The van der Waals surface area contributed by atoms with Crippen molar-refractivity contribution < 1.29 is 4.74 Å². The third-order valence-corrected chi connectivity index (χ3v) is 3.22. The Hall–Kier alpha value is 0.0600. The Morgan fingerprint density at radius 3 is 2.79 bits per heavy atom. The van der Waals surface area contributed by atoms with Gasteiger partial charge >= 0.3 is 0 Å². The molecule has 1 aromatic rings. The summed E-state index contributed by atoms with van der Waals surface area (Å²) in [5.41, 5.74) is 0. The molecular formula is C8H11Br2N3O. The highest BCUT2D eigenvalue weighted by molar-refractivity contribution is 9.11. The van der Waals surface area contributed by atoms with Gasteiger partial charge in [0.05, 0.1) is 18.8 Å². The average molecular weight is 325 g/mol. The van der Waals surface area contributed by atoms with Gasteiger partial charge in [-0.3, -0.25) is 0 Å². The van der Waals surface area contributed by atoms with E-state index in [2.05, 4.69) is 48.9 Å². The zero-order chi connectivity index (χ0) is 10.1. The van der Waals surface area contributed by atoms with Crippen molar-refractivity contribution in [3.05, 3.63) is 9.47 Å². The molecule has 1 aromatic heterocycles. The normalized spacial score (nSPS) is 27.1. The Kier molecular flexibility index (Phi) is 3.23. The van der Waals surface area contributed by atoms with Crippen molar-refractivity contribution in [2.75, 3.05) is 0 Å². The Morgan fingerprint density at radius 1 is 1.50 bits per heavy atom. The first-order chi connectivity index (χ1) is 6.65. The molecule has 1 fully saturated rings. The zero-order valence-electron chi connectivity index (χ0n) is 7.78. The molecule has 1 saturated heterocycles. The van der Waals surface area contributed by atoms with Crippen LogP contribution in [0.5, 0.6) is 0 Å². The number of aromatic nitrogens is 3. The molecule has 78 valence electrons. The maximum atomic E-state index is 5.70. The van der Waals surface area contributed by atoms with Crippen molar-refractivity contribution in [3.63, 3.8) is 0 Å². The van der Waals surface area contributed by atoms with Gasteiger partial charge in [0.1, 0.15) is 0 Å². The van der Waals surface area contributed by atoms with E-state index in [0.29, 0.717) is 10.8 Å². The lowest BCUT2D eigenvalue weighted by Gasteiger charge is -2.10. The number of rotatable bonds is 2. The molecule has 0 saturated carbocycles. The minimum atomic E-state index is 0.273. The van der Waals surface area contributed by atoms with Gasteiger partial charge in [-0.25, -0.2) is 4.68 Å². The molecule has 0 aromatic carbocycles. The molecule has 0 aliphatic carbocycles. The smallest absolute Gasteiger partial charge is 0.218 e. The predicted molar refractivity (Wildman–Crippen MR) is 59.0 cm³/mol. The number of hydrogen-bond acceptors (Lipinski definition) is 3. The molecular weight excluding hydrogens is 314 g/mol. The van der Waals surface area contributed by atoms with Gasteiger partial charge in [-0.2, -0.15) is 4.98 Å². The van der Waals surface area contributed by atoms with Crippen molar-refractivity contribution in [1.29, 1.82) is 0 Å². The molecule has 2 heterocycles. The first kappa shape index (κ1) is 10.6. The summed E-state index contributed by atoms with van der Waals surface area (Å²) in [5.74, 6) is 0. The van der Waals surface area contributed by atoms with Gasteiger partial charge in [-0.05, 0) is 51.6 Å². The maximum Gasteiger partial charge on any atom is 0.218 e. The van der Waals surface area contributed by atoms with Crippen LogP contribution in [-0.4, -0.2) is 27.0 Å². The highest BCUT2D eigenvalue weighted by atomic mass is 79.9. The summed E-state index contributed by atoms with van der Waals surface area (Å²) in [6, 6.07) is 0. The third-order valence-electron chi connectivity index (χ3n) is 2.30. The van der Waals surface area contributed by atoms with Gasteiger partial charge in [-0.15, -0.1) is 5.10 Å². The second-order valence-electron chi connectivity index (χ2n) is 3.48. The largest absolute Gasteiger partial charge is 0.373 e. The average Bonchev–Trinajstić information content (AvgIpc) is 2.61. The van der Waals surface area contributed by atoms with Crippen LogP contribution in [-0.2, 0) is 11.3 Å². The van der Waals surface area contributed by atoms with Crippen LogP contribution in [0.25, 0.3) is 0 Å². The van der Waals surface area contributed by atoms with Crippen molar-refractivity contribution in [2.24, 2.45) is 0 Å². The van der Waals surface area contributed by atoms with E-state index >= 15 is 0 Å². The molecule has 1 aliphatic heterocycles. The fraction of sp³-hybridized carbons (Fsp3) is 0.750. The third kappa shape index (κ3) is 2.35. The summed E-state index contributed by atoms with van der Waals surface area (Å²) >= 11 is 6.57. The summed E-state index contributed by atoms with van der Waals surface area (Å²) in [6.07, 6.45) is 2.89. The van der Waals surface area contributed by atoms with Crippen molar-refractivity contribution in [1.82, 2.24) is 14.8 Å². The molecule has 2 rings (SSSR count). The minimum Gasteiger partial charge on any atom is -0.373 e. The van der Waals surface area contributed by atoms with Crippen molar-refractivity contribution >= 4 is 31.9 Å². The van der Waals surface area contributed by atoms with Crippen LogP contribution in [0.1, 0.15) is 19.8 Å². The van der Waals surface area contributed by atoms with Gasteiger partial charge in [-0.1, -0.05) is 0 Å². The Labute approximate surface area is 99.3 Å². The number of nitrogens with zero attached hydrogens (tertiary/aromatic N) is 3. The molecule has 0 spiro atoms. The summed E-state index contributed by atoms with van der Waals surface area (Å²) < 4.78 is 8.87. The fourth-order valence-corrected chi connectivity index (χ4v) is 2.62. The monoisotopic (exact) mass is 323 g/mol. The van der Waals surface area contributed by atoms with Crippen LogP contribution >= 0.6 is 31.9 Å². The molecule has 2 unspecified atom stereocenters. The highest BCUT2D eigenvalue weighted by Gasteiger charge is 2.23. The summed E-state index contributed by atoms with van der Waals surface area (Å²) in [5, 5.41) is 4.19. The quantitative estimate of drug-likeness (QED) is 0.838. The lowest BCUT2D eigenvalue weighted by Crippen LogP contribution is -2.17. The maximum absolute atomic E-state index is 5.70. The standard InChI is InChI=1S/C8H11Br2N3O/c1-5-2-3-6(14-5)4-13-8(10)11-7(9)12-13/h5-6H,2-4H2,1H3. The highest BCUT2D eigenvalue weighted by Crippen LogP contribution is 2.21. The second kappa shape index (κ2) is 4.28. The minimum absolute atomic E-state index is 0.273. The molecule has 1 aliphatic rings. The van der Waals surface area contributed by atoms with Crippen LogP contribution < -0.4 is 0 Å². The van der Waals surface area contributed by atoms with Crippen molar-refractivity contribution in [2.45, 2.75) is 38.5 Å². The van der Waals surface area contributed by atoms with Gasteiger partial charge in [0.25, 0.3) is 0 Å². The van der Waals surface area contributed by atoms with E-state index in [1.54, 1.807) is 0 Å². The van der Waals surface area contributed by atoms with Crippen LogP contribution in [0, 0.1) is 0 Å². The van der Waals surface area contributed by atoms with Crippen LogP contribution in [0.2, 0.25) is 0 Å². The van der Waals surface area contributed by atoms with Gasteiger partial charge < -0.3 is 4.74 Å². The first-order valence-electron chi connectivity index (χ1n) is 4.56. The number of ether oxygens (including phenoxy) is 1. The Morgan fingerprint density at radius 2 is 2.29 bits per heavy atom. The molecule has 4 nitrogen and oxygen atoms in total. The second-order valence-corrected chi connectivity index (χ2v) is 4.90. The Balaban J connectivity index is 2.00. The molecule has 6 heteroatoms. The number of halogens is 2. The van der Waals surface area contributed by atoms with Gasteiger partial charge in [0.15, 0.2) is 4.73 Å². The van der Waals surface area contributed by atoms with Gasteiger partial charge in [0, 0.05) is 0 Å². The van der Waals surface area contributed by atoms with Crippen molar-refractivity contribution in [3.8, 4) is 0 Å². The molecule has 0 amide bonds. The topological polar surface area (TPSA) is 39.9 Å². The summed E-state index contributed by atoms with van der Waals surface area (Å²) in [7, 11) is 0. The van der Waals surface area contributed by atoms with E-state index in [1.165, 1.54) is 0 Å². The lowest BCUT2D eigenvalue weighted by molar-refractivity contribution is 0.0431. The lowest BCUT2D eigenvalue weighted by atomic mass is 10.2. The SMILES string of the molecule is CC1CCC(Cn2nc(Br)nc2Br)O1. The van der Waals surface area contributed by atoms with E-state index in [1.807, 2.05) is 4.68 Å². The molecule has 2 atom stereocenters. The first-order valence-corrected chi connectivity index (χ1v) is 6.15. The fourth-order valence-electron chi connectivity index (χ4n) is 1.63. The van der Waals surface area contributed by atoms with E-state index in [-0.39, 0.29) is 6.10 Å². The Bertz CT molecular complexity index is 328. The van der Waals surface area contributed by atoms with E-state index in [9.17, 15) is 0 Å². The molecule has 14 heavy (non-hydrogen) atoms. The molecule has 0 N–H and O–H groups in total. The predicted octanol–water partition coefficient (Wildman–Crippen LogP) is 2.37. The summed E-state index contributed by atoms with van der Waals surface area (Å²) in [6.45, 7) is 2.87. The molecule has 0 bridgehead atoms. The molecule has 0 radical (unpaired) electrons. The van der Waals surface area contributed by atoms with Gasteiger partial charge in [0.2, 0.25) is 4.73 Å². The van der Waals surface area contributed by atoms with E-state index in [4.69, 9.17) is 4.74 Å². The number of hydrogen-bond donors (Lipinski definition) is 0. The van der Waals surface area contributed by atoms with Crippen LogP contribution in [0.15, 0.2) is 9.47 Å². The van der Waals surface area contributed by atoms with Crippen LogP contribution in [0.3, 0.4) is 0 Å². The van der Waals surface area contributed by atoms with E-state index in [0.717, 1.165) is 24.1 Å². The van der Waals surface area contributed by atoms with E-state index < -0.39 is 0 Å². The zero-order valence-corrected chi connectivity index (χ0v) is 11.0.